The van der Waals surface area contributed by atoms with Gasteiger partial charge in [0.1, 0.15) is 17.3 Å². The van der Waals surface area contributed by atoms with Gasteiger partial charge < -0.3 is 15.0 Å². The molecule has 0 saturated carbocycles. The first-order chi connectivity index (χ1) is 14.5. The van der Waals surface area contributed by atoms with Crippen LogP contribution >= 0.6 is 0 Å². The summed E-state index contributed by atoms with van der Waals surface area (Å²) in [5.41, 5.74) is 5.60. The van der Waals surface area contributed by atoms with Gasteiger partial charge in [0.15, 0.2) is 0 Å². The molecule has 3 heterocycles. The van der Waals surface area contributed by atoms with Crippen molar-refractivity contribution < 1.29 is 9.53 Å². The summed E-state index contributed by atoms with van der Waals surface area (Å²) in [7, 11) is 0. The molecule has 2 aromatic heterocycles. The SMILES string of the molecule is C=CC[C@H]1CNC(=O)c2cc(-c3cccc4nc(C)c(OC(C=C)CC)nc34)[nH]c21. The maximum atomic E-state index is 12.4. The van der Waals surface area contributed by atoms with E-state index in [-0.39, 0.29) is 17.9 Å². The molecule has 1 amide bonds. The van der Waals surface area contributed by atoms with Crippen molar-refractivity contribution in [1.82, 2.24) is 20.3 Å². The molecular weight excluding hydrogens is 376 g/mol. The number of hydrogen-bond acceptors (Lipinski definition) is 4. The van der Waals surface area contributed by atoms with Crippen LogP contribution in [-0.4, -0.2) is 33.5 Å². The van der Waals surface area contributed by atoms with Crippen molar-refractivity contribution >= 4 is 16.9 Å². The van der Waals surface area contributed by atoms with E-state index in [0.717, 1.165) is 46.5 Å². The van der Waals surface area contributed by atoms with Gasteiger partial charge in [0.25, 0.3) is 5.91 Å². The lowest BCUT2D eigenvalue weighted by molar-refractivity contribution is 0.0940. The van der Waals surface area contributed by atoms with Crippen LogP contribution in [0.1, 0.15) is 47.4 Å². The standard InChI is InChI=1S/C24H26N4O2/c1-5-9-15-13-25-23(29)18-12-20(27-21(15)18)17-10-8-11-19-22(17)28-24(14(4)26-19)30-16(6-2)7-3/h5-6,8,10-12,15-16,27H,1-2,7,9,13H2,3-4H3,(H,25,29)/t15-,16?/m0/s1. The van der Waals surface area contributed by atoms with Crippen LogP contribution in [0.4, 0.5) is 0 Å². The van der Waals surface area contributed by atoms with Crippen LogP contribution in [-0.2, 0) is 0 Å². The predicted molar refractivity (Wildman–Crippen MR) is 119 cm³/mol. The molecule has 0 bridgehead atoms. The molecule has 30 heavy (non-hydrogen) atoms. The number of aromatic nitrogens is 3. The minimum Gasteiger partial charge on any atom is -0.469 e. The third-order valence-corrected chi connectivity index (χ3v) is 5.51. The Morgan fingerprint density at radius 3 is 2.87 bits per heavy atom. The minimum absolute atomic E-state index is 0.0595. The van der Waals surface area contributed by atoms with Crippen molar-refractivity contribution in [2.24, 2.45) is 0 Å². The molecule has 1 aliphatic heterocycles. The highest BCUT2D eigenvalue weighted by atomic mass is 16.5. The summed E-state index contributed by atoms with van der Waals surface area (Å²) in [5.74, 6) is 0.625. The summed E-state index contributed by atoms with van der Waals surface area (Å²) < 4.78 is 6.01. The van der Waals surface area contributed by atoms with E-state index in [2.05, 4.69) is 23.5 Å². The number of carbonyl (C=O) groups is 1. The topological polar surface area (TPSA) is 79.9 Å². The van der Waals surface area contributed by atoms with E-state index in [1.54, 1.807) is 6.08 Å². The Balaban J connectivity index is 1.83. The molecule has 0 aliphatic carbocycles. The van der Waals surface area contributed by atoms with Gasteiger partial charge in [0, 0.05) is 29.4 Å². The van der Waals surface area contributed by atoms with Crippen LogP contribution in [0.3, 0.4) is 0 Å². The number of nitrogens with one attached hydrogen (secondary N) is 2. The Labute approximate surface area is 176 Å². The average molecular weight is 402 g/mol. The Bertz CT molecular complexity index is 1130. The third-order valence-electron chi connectivity index (χ3n) is 5.51. The zero-order valence-corrected chi connectivity index (χ0v) is 17.4. The first kappa shape index (κ1) is 19.9. The molecule has 3 aromatic rings. The van der Waals surface area contributed by atoms with Gasteiger partial charge in [-0.1, -0.05) is 37.8 Å². The highest BCUT2D eigenvalue weighted by molar-refractivity contribution is 5.99. The Morgan fingerprint density at radius 1 is 1.30 bits per heavy atom. The first-order valence-corrected chi connectivity index (χ1v) is 10.2. The number of H-pyrrole nitrogens is 1. The molecule has 1 unspecified atom stereocenters. The molecule has 2 atom stereocenters. The Morgan fingerprint density at radius 2 is 2.13 bits per heavy atom. The number of aromatic amines is 1. The summed E-state index contributed by atoms with van der Waals surface area (Å²) in [5, 5.41) is 2.96. The second-order valence-electron chi connectivity index (χ2n) is 7.53. The van der Waals surface area contributed by atoms with Crippen LogP contribution in [0.15, 0.2) is 49.6 Å². The molecule has 1 aromatic carbocycles. The Kier molecular flexibility index (Phi) is 5.40. The average Bonchev–Trinajstić information content (AvgIpc) is 3.20. The van der Waals surface area contributed by atoms with E-state index in [1.165, 1.54) is 0 Å². The van der Waals surface area contributed by atoms with E-state index in [4.69, 9.17) is 14.7 Å². The number of aryl methyl sites for hydroxylation is 1. The van der Waals surface area contributed by atoms with Gasteiger partial charge >= 0.3 is 0 Å². The number of hydrogen-bond donors (Lipinski definition) is 2. The molecule has 6 nitrogen and oxygen atoms in total. The van der Waals surface area contributed by atoms with Crippen LogP contribution in [0.25, 0.3) is 22.3 Å². The second-order valence-corrected chi connectivity index (χ2v) is 7.53. The summed E-state index contributed by atoms with van der Waals surface area (Å²) in [6.07, 6.45) is 5.12. The fraction of sp³-hybridized carbons (Fsp3) is 0.292. The lowest BCUT2D eigenvalue weighted by Gasteiger charge is -2.21. The van der Waals surface area contributed by atoms with Crippen LogP contribution in [0, 0.1) is 6.92 Å². The van der Waals surface area contributed by atoms with Gasteiger partial charge in [-0.2, -0.15) is 0 Å². The molecule has 1 aliphatic rings. The molecule has 0 radical (unpaired) electrons. The van der Waals surface area contributed by atoms with Gasteiger partial charge in [-0.25, -0.2) is 9.97 Å². The van der Waals surface area contributed by atoms with Crippen LogP contribution < -0.4 is 10.1 Å². The van der Waals surface area contributed by atoms with Crippen LogP contribution in [0.2, 0.25) is 0 Å². The number of para-hydroxylation sites is 1. The third kappa shape index (κ3) is 3.49. The van der Waals surface area contributed by atoms with Crippen LogP contribution in [0.5, 0.6) is 5.88 Å². The molecule has 0 fully saturated rings. The number of nitrogens with zero attached hydrogens (tertiary/aromatic N) is 2. The van der Waals surface area contributed by atoms with Gasteiger partial charge in [-0.3, -0.25) is 4.79 Å². The zero-order valence-electron chi connectivity index (χ0n) is 17.4. The number of rotatable bonds is 7. The molecule has 6 heteroatoms. The van der Waals surface area contributed by atoms with E-state index in [1.807, 2.05) is 44.2 Å². The smallest absolute Gasteiger partial charge is 0.253 e. The molecule has 0 saturated heterocycles. The second kappa shape index (κ2) is 8.14. The predicted octanol–water partition coefficient (Wildman–Crippen LogP) is 4.68. The van der Waals surface area contributed by atoms with Gasteiger partial charge in [0.2, 0.25) is 5.88 Å². The largest absolute Gasteiger partial charge is 0.469 e. The van der Waals surface area contributed by atoms with Crippen molar-refractivity contribution in [1.29, 1.82) is 0 Å². The molecule has 4 rings (SSSR count). The number of fused-ring (bicyclic) bond motifs is 2. The summed E-state index contributed by atoms with van der Waals surface area (Å²) in [4.78, 5) is 25.4. The molecule has 154 valence electrons. The van der Waals surface area contributed by atoms with E-state index in [9.17, 15) is 4.79 Å². The number of benzene rings is 1. The summed E-state index contributed by atoms with van der Waals surface area (Å²) in [6.45, 7) is 12.2. The quantitative estimate of drug-likeness (QED) is 0.563. The minimum atomic E-state index is -0.122. The molecule has 2 N–H and O–H groups in total. The van der Waals surface area contributed by atoms with Crippen molar-refractivity contribution in [3.63, 3.8) is 0 Å². The number of ether oxygens (including phenoxy) is 1. The fourth-order valence-electron chi connectivity index (χ4n) is 3.86. The number of carbonyl (C=O) groups excluding carboxylic acids is 1. The maximum absolute atomic E-state index is 12.4. The van der Waals surface area contributed by atoms with Crippen molar-refractivity contribution in [2.45, 2.75) is 38.7 Å². The molecule has 0 spiro atoms. The van der Waals surface area contributed by atoms with Crippen molar-refractivity contribution in [3.8, 4) is 17.1 Å². The van der Waals surface area contributed by atoms with E-state index < -0.39 is 0 Å². The Hall–Kier alpha value is -3.41. The summed E-state index contributed by atoms with van der Waals surface area (Å²) in [6, 6.07) is 7.77. The lowest BCUT2D eigenvalue weighted by Crippen LogP contribution is -2.34. The maximum Gasteiger partial charge on any atom is 0.253 e. The van der Waals surface area contributed by atoms with E-state index >= 15 is 0 Å². The van der Waals surface area contributed by atoms with Gasteiger partial charge in [-0.05, 0) is 31.9 Å². The van der Waals surface area contributed by atoms with Gasteiger partial charge in [-0.15, -0.1) is 6.58 Å². The highest BCUT2D eigenvalue weighted by Gasteiger charge is 2.28. The monoisotopic (exact) mass is 402 g/mol. The normalized spacial score (nSPS) is 16.6. The number of allylic oxidation sites excluding steroid dienone is 1. The zero-order chi connectivity index (χ0) is 21.3. The highest BCUT2D eigenvalue weighted by Crippen LogP contribution is 2.34. The van der Waals surface area contributed by atoms with Crippen molar-refractivity contribution in [3.05, 3.63) is 66.5 Å². The fourth-order valence-corrected chi connectivity index (χ4v) is 3.86. The molecular formula is C24H26N4O2. The summed E-state index contributed by atoms with van der Waals surface area (Å²) >= 11 is 0. The lowest BCUT2D eigenvalue weighted by atomic mass is 9.94. The number of amides is 1. The first-order valence-electron chi connectivity index (χ1n) is 10.2. The van der Waals surface area contributed by atoms with E-state index in [0.29, 0.717) is 18.0 Å². The van der Waals surface area contributed by atoms with Gasteiger partial charge in [0.05, 0.1) is 11.1 Å². The van der Waals surface area contributed by atoms with Crippen molar-refractivity contribution in [2.75, 3.05) is 6.54 Å².